The molecule has 0 amide bonds. The highest BCUT2D eigenvalue weighted by Gasteiger charge is 1.92. The quantitative estimate of drug-likeness (QED) is 0.614. The number of ketones is 1. The van der Waals surface area contributed by atoms with Crippen LogP contribution in [0.4, 0.5) is 0 Å². The highest BCUT2D eigenvalue weighted by atomic mass is 16.1. The van der Waals surface area contributed by atoms with Crippen molar-refractivity contribution >= 4 is 12.0 Å². The van der Waals surface area contributed by atoms with Crippen LogP contribution in [0.15, 0.2) is 11.8 Å². The molecular weight excluding hydrogens is 140 g/mol. The molecule has 0 aliphatic carbocycles. The van der Waals surface area contributed by atoms with Gasteiger partial charge in [-0.05, 0) is 13.0 Å². The van der Waals surface area contributed by atoms with E-state index in [2.05, 4.69) is 0 Å². The number of rotatable bonds is 3. The molecule has 0 saturated carbocycles. The van der Waals surface area contributed by atoms with Crippen LogP contribution in [-0.2, 0) is 4.79 Å². The van der Waals surface area contributed by atoms with Gasteiger partial charge in [-0.1, -0.05) is 13.8 Å². The van der Waals surface area contributed by atoms with Crippen LogP contribution in [0.5, 0.6) is 0 Å². The summed E-state index contributed by atoms with van der Waals surface area (Å²) in [5.74, 6) is 0.0191. The first kappa shape index (κ1) is 12.5. The van der Waals surface area contributed by atoms with Gasteiger partial charge in [0.2, 0.25) is 0 Å². The fraction of sp³-hybridized carbons (Fsp3) is 0.500. The second-order valence-electron chi connectivity index (χ2n) is 1.79. The molecule has 0 heterocycles. The zero-order chi connectivity index (χ0) is 9.28. The van der Waals surface area contributed by atoms with Gasteiger partial charge in [0.15, 0.2) is 0 Å². The molecular formula is C8H18N2O. The molecule has 11 heavy (non-hydrogen) atoms. The van der Waals surface area contributed by atoms with Gasteiger partial charge >= 0.3 is 0 Å². The van der Waals surface area contributed by atoms with E-state index in [4.69, 9.17) is 11.1 Å². The van der Waals surface area contributed by atoms with Gasteiger partial charge < -0.3 is 11.1 Å². The van der Waals surface area contributed by atoms with Crippen LogP contribution >= 0.6 is 0 Å². The Morgan fingerprint density at radius 2 is 2.09 bits per heavy atom. The number of allylic oxidation sites excluding steroid dienone is 2. The van der Waals surface area contributed by atoms with E-state index >= 15 is 0 Å². The largest absolute Gasteiger partial charge is 0.402 e. The van der Waals surface area contributed by atoms with Gasteiger partial charge in [0.05, 0.1) is 0 Å². The number of nitrogens with two attached hydrogens (primary N) is 1. The number of carbonyl (C=O) groups is 1. The van der Waals surface area contributed by atoms with Crippen molar-refractivity contribution < 1.29 is 6.22 Å². The molecule has 0 unspecified atom stereocenters. The second-order valence-corrected chi connectivity index (χ2v) is 1.79. The van der Waals surface area contributed by atoms with Crippen molar-refractivity contribution in [2.75, 3.05) is 0 Å². The molecule has 0 bridgehead atoms. The lowest BCUT2D eigenvalue weighted by Gasteiger charge is -1.91. The van der Waals surface area contributed by atoms with Gasteiger partial charge in [-0.3, -0.25) is 4.79 Å². The zero-order valence-electron chi connectivity index (χ0n) is 7.35. The zero-order valence-corrected chi connectivity index (χ0v) is 7.35. The molecule has 0 rings (SSSR count). The first-order valence-electron chi connectivity index (χ1n) is 3.61. The Hall–Kier alpha value is -1.12. The first-order chi connectivity index (χ1) is 5.16. The Morgan fingerprint density at radius 1 is 1.64 bits per heavy atom. The Kier molecular flexibility index (Phi) is 10.1. The van der Waals surface area contributed by atoms with Crippen molar-refractivity contribution in [3.8, 4) is 0 Å². The number of hydrogen-bond acceptors (Lipinski definition) is 3. The van der Waals surface area contributed by atoms with Crippen LogP contribution in [-0.4, -0.2) is 12.0 Å². The molecule has 3 N–H and O–H groups in total. The predicted molar refractivity (Wildman–Crippen MR) is 49.8 cm³/mol. The lowest BCUT2D eigenvalue weighted by molar-refractivity contribution is -0.116. The molecule has 0 saturated heterocycles. The van der Waals surface area contributed by atoms with E-state index in [9.17, 15) is 4.79 Å². The van der Waals surface area contributed by atoms with Crippen molar-refractivity contribution in [1.29, 1.82) is 5.41 Å². The summed E-state index contributed by atoms with van der Waals surface area (Å²) >= 11 is 0. The van der Waals surface area contributed by atoms with Crippen LogP contribution in [0.1, 0.15) is 28.6 Å². The molecule has 0 atom stereocenters. The molecule has 66 valence electrons. The maximum absolute atomic E-state index is 10.3. The van der Waals surface area contributed by atoms with Gasteiger partial charge in [0.1, 0.15) is 5.78 Å². The van der Waals surface area contributed by atoms with Crippen LogP contribution in [0.25, 0.3) is 0 Å². The molecule has 3 heteroatoms. The topological polar surface area (TPSA) is 66.9 Å². The standard InChI is InChI=1S/C6H10N2O.C2H6.H2/c1-5(9)4-6(8)2-3-7;1-2;/h2-3,7H,4,8H2,1H3;1-2H3;1H/b6-2-,7-3?;;. The SMILES string of the molecule is CC.CC(=O)C/C(N)=C/C=N.[HH]. The Bertz CT molecular complexity index is 155. The molecule has 0 aromatic heterocycles. The fourth-order valence-corrected chi connectivity index (χ4v) is 0.453. The minimum atomic E-state index is 0. The van der Waals surface area contributed by atoms with Gasteiger partial charge in [0.25, 0.3) is 0 Å². The van der Waals surface area contributed by atoms with Crippen LogP contribution in [0.3, 0.4) is 0 Å². The lowest BCUT2D eigenvalue weighted by Crippen LogP contribution is -2.02. The number of hydrogen-bond donors (Lipinski definition) is 2. The van der Waals surface area contributed by atoms with Gasteiger partial charge in [-0.25, -0.2) is 0 Å². The summed E-state index contributed by atoms with van der Waals surface area (Å²) < 4.78 is 0. The third kappa shape index (κ3) is 12.2. The number of carbonyl (C=O) groups excluding carboxylic acids is 1. The fourth-order valence-electron chi connectivity index (χ4n) is 0.453. The molecule has 0 aliphatic rings. The summed E-state index contributed by atoms with van der Waals surface area (Å²) in [6, 6.07) is 0. The van der Waals surface area contributed by atoms with E-state index in [1.54, 1.807) is 0 Å². The minimum Gasteiger partial charge on any atom is -0.402 e. The lowest BCUT2D eigenvalue weighted by atomic mass is 10.2. The van der Waals surface area contributed by atoms with Crippen molar-refractivity contribution in [3.05, 3.63) is 11.8 Å². The van der Waals surface area contributed by atoms with Crippen molar-refractivity contribution in [2.45, 2.75) is 27.2 Å². The Balaban J connectivity index is -0.000000249. The van der Waals surface area contributed by atoms with E-state index in [1.165, 1.54) is 13.0 Å². The molecule has 0 fully saturated rings. The smallest absolute Gasteiger partial charge is 0.135 e. The minimum absolute atomic E-state index is 0. The summed E-state index contributed by atoms with van der Waals surface area (Å²) in [7, 11) is 0. The van der Waals surface area contributed by atoms with Crippen molar-refractivity contribution in [2.24, 2.45) is 5.73 Å². The highest BCUT2D eigenvalue weighted by Crippen LogP contribution is 1.90. The summed E-state index contributed by atoms with van der Waals surface area (Å²) in [5.41, 5.74) is 5.72. The molecule has 0 aromatic rings. The molecule has 0 aromatic carbocycles. The maximum Gasteiger partial charge on any atom is 0.135 e. The predicted octanol–water partition coefficient (Wildman–Crippen LogP) is 1.73. The third-order valence-corrected chi connectivity index (χ3v) is 0.750. The average molecular weight is 158 g/mol. The summed E-state index contributed by atoms with van der Waals surface area (Å²) in [6.45, 7) is 5.46. The molecule has 3 nitrogen and oxygen atoms in total. The summed E-state index contributed by atoms with van der Waals surface area (Å²) in [5, 5.41) is 6.58. The highest BCUT2D eigenvalue weighted by molar-refractivity contribution is 5.79. The first-order valence-corrected chi connectivity index (χ1v) is 3.61. The van der Waals surface area contributed by atoms with E-state index in [1.807, 2.05) is 13.8 Å². The molecule has 0 spiro atoms. The van der Waals surface area contributed by atoms with E-state index < -0.39 is 0 Å². The average Bonchev–Trinajstić information content (AvgIpc) is 1.91. The van der Waals surface area contributed by atoms with Gasteiger partial charge in [0, 0.05) is 19.8 Å². The normalized spacial score (nSPS) is 9.55. The van der Waals surface area contributed by atoms with E-state index in [-0.39, 0.29) is 13.6 Å². The van der Waals surface area contributed by atoms with Gasteiger partial charge in [-0.15, -0.1) is 0 Å². The monoisotopic (exact) mass is 158 g/mol. The van der Waals surface area contributed by atoms with Crippen molar-refractivity contribution in [1.82, 2.24) is 0 Å². The van der Waals surface area contributed by atoms with Crippen LogP contribution < -0.4 is 5.73 Å². The summed E-state index contributed by atoms with van der Waals surface area (Å²) in [6.07, 6.45) is 2.72. The summed E-state index contributed by atoms with van der Waals surface area (Å²) in [4.78, 5) is 10.3. The van der Waals surface area contributed by atoms with Crippen molar-refractivity contribution in [3.63, 3.8) is 0 Å². The molecule has 0 aliphatic heterocycles. The number of Topliss-reactive ketones (excluding diaryl/α,β-unsaturated/α-hetero) is 1. The Labute approximate surface area is 69.3 Å². The maximum atomic E-state index is 10.3. The van der Waals surface area contributed by atoms with Gasteiger partial charge in [-0.2, -0.15) is 0 Å². The van der Waals surface area contributed by atoms with E-state index in [0.717, 1.165) is 6.21 Å². The van der Waals surface area contributed by atoms with Crippen LogP contribution in [0.2, 0.25) is 0 Å². The van der Waals surface area contributed by atoms with Crippen LogP contribution in [0, 0.1) is 5.41 Å². The Morgan fingerprint density at radius 3 is 2.36 bits per heavy atom. The molecule has 0 radical (unpaired) electrons. The number of nitrogens with one attached hydrogen (secondary N) is 1. The second kappa shape index (κ2) is 8.88. The third-order valence-electron chi connectivity index (χ3n) is 0.750. The van der Waals surface area contributed by atoms with E-state index in [0.29, 0.717) is 5.70 Å².